The lowest BCUT2D eigenvalue weighted by Crippen LogP contribution is -1.94. The van der Waals surface area contributed by atoms with Crippen molar-refractivity contribution >= 4 is 0 Å². The summed E-state index contributed by atoms with van der Waals surface area (Å²) in [5.74, 6) is 0. The Bertz CT molecular complexity index is 520. The Balaban J connectivity index is 0.000000677. The Labute approximate surface area is 131 Å². The van der Waals surface area contributed by atoms with Crippen molar-refractivity contribution < 1.29 is 0 Å². The van der Waals surface area contributed by atoms with E-state index >= 15 is 0 Å². The molecule has 0 atom stereocenters. The zero-order valence-electron chi connectivity index (χ0n) is 14.4. The van der Waals surface area contributed by atoms with Crippen molar-refractivity contribution in [3.05, 3.63) is 70.3 Å². The number of rotatable bonds is 4. The molecule has 2 rings (SSSR count). The van der Waals surface area contributed by atoms with Gasteiger partial charge in [-0.3, -0.25) is 0 Å². The lowest BCUT2D eigenvalue weighted by atomic mass is 9.99. The van der Waals surface area contributed by atoms with Crippen LogP contribution in [0.25, 0.3) is 0 Å². The molecule has 0 amide bonds. The highest BCUT2D eigenvalue weighted by molar-refractivity contribution is 5.30. The summed E-state index contributed by atoms with van der Waals surface area (Å²) < 4.78 is 0. The van der Waals surface area contributed by atoms with Gasteiger partial charge in [0.2, 0.25) is 0 Å². The Morgan fingerprint density at radius 2 is 1.14 bits per heavy atom. The summed E-state index contributed by atoms with van der Waals surface area (Å²) in [7, 11) is 0. The van der Waals surface area contributed by atoms with Crippen molar-refractivity contribution in [1.82, 2.24) is 0 Å². The van der Waals surface area contributed by atoms with Crippen molar-refractivity contribution in [3.8, 4) is 0 Å². The lowest BCUT2D eigenvalue weighted by Gasteiger charge is -2.07. The predicted octanol–water partition coefficient (Wildman–Crippen LogP) is 6.07. The van der Waals surface area contributed by atoms with Crippen molar-refractivity contribution in [2.45, 2.75) is 60.3 Å². The van der Waals surface area contributed by atoms with Gasteiger partial charge in [-0.25, -0.2) is 0 Å². The molecule has 2 aromatic carbocycles. The van der Waals surface area contributed by atoms with Gasteiger partial charge in [-0.2, -0.15) is 0 Å². The van der Waals surface area contributed by atoms with Gasteiger partial charge in [-0.15, -0.1) is 0 Å². The van der Waals surface area contributed by atoms with Gasteiger partial charge in [0.05, 0.1) is 0 Å². The smallest absolute Gasteiger partial charge is 0.0238 e. The van der Waals surface area contributed by atoms with Gasteiger partial charge in [-0.1, -0.05) is 80.8 Å². The molecule has 0 unspecified atom stereocenters. The molecule has 21 heavy (non-hydrogen) atoms. The van der Waals surface area contributed by atoms with E-state index in [4.69, 9.17) is 0 Å². The van der Waals surface area contributed by atoms with E-state index in [9.17, 15) is 0 Å². The largest absolute Gasteiger partial charge is 0.0656 e. The minimum Gasteiger partial charge on any atom is -0.0656 e. The average Bonchev–Trinajstić information content (AvgIpc) is 2.47. The van der Waals surface area contributed by atoms with Crippen LogP contribution in [0.4, 0.5) is 0 Å². The molecule has 0 heteroatoms. The second-order valence-corrected chi connectivity index (χ2v) is 5.87. The van der Waals surface area contributed by atoms with Crippen LogP contribution in [0.15, 0.2) is 42.5 Å². The third-order valence-corrected chi connectivity index (χ3v) is 3.43. The van der Waals surface area contributed by atoms with Crippen LogP contribution < -0.4 is 0 Å². The second kappa shape index (κ2) is 9.39. The van der Waals surface area contributed by atoms with Gasteiger partial charge in [0.25, 0.3) is 0 Å². The Hall–Kier alpha value is -1.56. The third kappa shape index (κ3) is 6.62. The van der Waals surface area contributed by atoms with Gasteiger partial charge in [0, 0.05) is 0 Å². The Morgan fingerprint density at radius 3 is 1.71 bits per heavy atom. The number of hydrogen-bond donors (Lipinski definition) is 0. The Kier molecular flexibility index (Phi) is 7.82. The molecule has 114 valence electrons. The minimum atomic E-state index is 1.12. The summed E-state index contributed by atoms with van der Waals surface area (Å²) in [5.41, 5.74) is 7.07. The molecule has 0 N–H and O–H groups in total. The summed E-state index contributed by atoms with van der Waals surface area (Å²) in [5, 5.41) is 0. The molecule has 0 saturated carbocycles. The average molecular weight is 282 g/mol. The first-order valence-corrected chi connectivity index (χ1v) is 8.24. The van der Waals surface area contributed by atoms with E-state index in [1.165, 1.54) is 34.2 Å². The molecule has 0 aromatic heterocycles. The second-order valence-electron chi connectivity index (χ2n) is 5.87. The molecule has 0 spiro atoms. The van der Waals surface area contributed by atoms with Crippen LogP contribution in [0.2, 0.25) is 0 Å². The zero-order valence-corrected chi connectivity index (χ0v) is 14.4. The molecule has 0 aliphatic heterocycles. The fraction of sp³-hybridized carbons (Fsp3) is 0.429. The standard InChI is InChI=1S/C18H22.C3H8/c1-4-16-11-15(3)12-18(13-16)10-9-17-7-5-14(2)6-8-17;1-3-2/h5-8,11-13H,4,9-10H2,1-3H3;3H2,1-2H3. The highest BCUT2D eigenvalue weighted by Crippen LogP contribution is 2.13. The van der Waals surface area contributed by atoms with Gasteiger partial charge >= 0.3 is 0 Å². The predicted molar refractivity (Wildman–Crippen MR) is 95.1 cm³/mol. The summed E-state index contributed by atoms with van der Waals surface area (Å²) >= 11 is 0. The maximum Gasteiger partial charge on any atom is -0.0238 e. The molecule has 0 fully saturated rings. The molecular formula is C21H30. The fourth-order valence-electron chi connectivity index (χ4n) is 2.34. The van der Waals surface area contributed by atoms with Crippen LogP contribution in [0, 0.1) is 13.8 Å². The quantitative estimate of drug-likeness (QED) is 0.638. The molecule has 0 aliphatic rings. The molecular weight excluding hydrogens is 252 g/mol. The lowest BCUT2D eigenvalue weighted by molar-refractivity contribution is 0.949. The van der Waals surface area contributed by atoms with Gasteiger partial charge in [0.1, 0.15) is 0 Å². The third-order valence-electron chi connectivity index (χ3n) is 3.43. The molecule has 0 nitrogen and oxygen atoms in total. The van der Waals surface area contributed by atoms with Crippen LogP contribution in [-0.4, -0.2) is 0 Å². The Morgan fingerprint density at radius 1 is 0.619 bits per heavy atom. The number of hydrogen-bond acceptors (Lipinski definition) is 0. The van der Waals surface area contributed by atoms with E-state index in [-0.39, 0.29) is 0 Å². The summed E-state index contributed by atoms with van der Waals surface area (Å²) in [6.07, 6.45) is 4.64. The first-order chi connectivity index (χ1) is 10.1. The normalized spacial score (nSPS) is 9.95. The van der Waals surface area contributed by atoms with Crippen LogP contribution in [-0.2, 0) is 19.3 Å². The monoisotopic (exact) mass is 282 g/mol. The maximum atomic E-state index is 2.35. The summed E-state index contributed by atoms with van der Waals surface area (Å²) in [4.78, 5) is 0. The van der Waals surface area contributed by atoms with E-state index in [0.717, 1.165) is 19.3 Å². The molecule has 0 heterocycles. The van der Waals surface area contributed by atoms with E-state index in [0.29, 0.717) is 0 Å². The topological polar surface area (TPSA) is 0 Å². The van der Waals surface area contributed by atoms with Crippen LogP contribution >= 0.6 is 0 Å². The highest BCUT2D eigenvalue weighted by atomic mass is 14.0. The number of benzene rings is 2. The van der Waals surface area contributed by atoms with E-state index in [1.807, 2.05) is 0 Å². The highest BCUT2D eigenvalue weighted by Gasteiger charge is 1.99. The van der Waals surface area contributed by atoms with E-state index < -0.39 is 0 Å². The number of aryl methyl sites for hydroxylation is 5. The van der Waals surface area contributed by atoms with Crippen molar-refractivity contribution in [1.29, 1.82) is 0 Å². The summed E-state index contributed by atoms with van der Waals surface area (Å²) in [6.45, 7) is 10.8. The SMILES string of the molecule is CCC.CCc1cc(C)cc(CCc2ccc(C)cc2)c1. The molecule has 0 saturated heterocycles. The molecule has 0 aliphatic carbocycles. The first kappa shape index (κ1) is 17.5. The molecule has 2 aromatic rings. The zero-order chi connectivity index (χ0) is 15.7. The van der Waals surface area contributed by atoms with Crippen molar-refractivity contribution in [2.75, 3.05) is 0 Å². The van der Waals surface area contributed by atoms with Crippen LogP contribution in [0.3, 0.4) is 0 Å². The molecule has 0 radical (unpaired) electrons. The maximum absolute atomic E-state index is 2.35. The van der Waals surface area contributed by atoms with E-state index in [2.05, 4.69) is 77.1 Å². The van der Waals surface area contributed by atoms with E-state index in [1.54, 1.807) is 0 Å². The first-order valence-electron chi connectivity index (χ1n) is 8.24. The molecule has 0 bridgehead atoms. The van der Waals surface area contributed by atoms with Gasteiger partial charge in [-0.05, 0) is 49.8 Å². The van der Waals surface area contributed by atoms with Gasteiger partial charge < -0.3 is 0 Å². The van der Waals surface area contributed by atoms with Crippen LogP contribution in [0.1, 0.15) is 55.0 Å². The minimum absolute atomic E-state index is 1.12. The van der Waals surface area contributed by atoms with Crippen LogP contribution in [0.5, 0.6) is 0 Å². The summed E-state index contributed by atoms with van der Waals surface area (Å²) in [6, 6.07) is 15.8. The van der Waals surface area contributed by atoms with Crippen molar-refractivity contribution in [3.63, 3.8) is 0 Å². The van der Waals surface area contributed by atoms with Crippen molar-refractivity contribution in [2.24, 2.45) is 0 Å². The fourth-order valence-corrected chi connectivity index (χ4v) is 2.34. The van der Waals surface area contributed by atoms with Gasteiger partial charge in [0.15, 0.2) is 0 Å².